The highest BCUT2D eigenvalue weighted by Crippen LogP contribution is 2.17. The van der Waals surface area contributed by atoms with Gasteiger partial charge in [0.15, 0.2) is 0 Å². The van der Waals surface area contributed by atoms with Crippen LogP contribution in [0.3, 0.4) is 0 Å². The fraction of sp³-hybridized carbons (Fsp3) is 0.0714. The quantitative estimate of drug-likeness (QED) is 0.747. The molecule has 1 aromatic carbocycles. The number of hydrogen-bond donors (Lipinski definition) is 2. The van der Waals surface area contributed by atoms with Crippen molar-refractivity contribution in [3.63, 3.8) is 0 Å². The Morgan fingerprint density at radius 2 is 2.16 bits per heavy atom. The maximum atomic E-state index is 12.2. The average molecular weight is 252 g/mol. The van der Waals surface area contributed by atoms with Crippen LogP contribution in [0.25, 0.3) is 10.9 Å². The van der Waals surface area contributed by atoms with Gasteiger partial charge in [0.1, 0.15) is 0 Å². The number of carbonyl (C=O) groups excluding carboxylic acids is 1. The van der Waals surface area contributed by atoms with Crippen LogP contribution in [0.5, 0.6) is 0 Å². The van der Waals surface area contributed by atoms with Crippen LogP contribution in [-0.2, 0) is 6.54 Å². The van der Waals surface area contributed by atoms with Gasteiger partial charge in [-0.2, -0.15) is 10.2 Å². The molecule has 3 rings (SSSR count). The summed E-state index contributed by atoms with van der Waals surface area (Å²) in [5, 5.41) is 11.5. The number of rotatable bonds is 3. The van der Waals surface area contributed by atoms with E-state index >= 15 is 0 Å². The van der Waals surface area contributed by atoms with Crippen LogP contribution < -0.4 is 5.32 Å². The maximum absolute atomic E-state index is 12.2. The molecule has 19 heavy (non-hydrogen) atoms. The van der Waals surface area contributed by atoms with Crippen molar-refractivity contribution < 1.29 is 4.79 Å². The molecule has 5 heteroatoms. The van der Waals surface area contributed by atoms with E-state index in [0.29, 0.717) is 12.1 Å². The fourth-order valence-corrected chi connectivity index (χ4v) is 1.98. The standard InChI is InChI=1S/C14H12N4O/c19-14(16-9-10-3-2-7-17-18-10)12-4-1-5-13-11(12)6-8-15-13/h1-8,15H,9H2,(H,16,19). The van der Waals surface area contributed by atoms with E-state index in [1.807, 2.05) is 36.5 Å². The molecule has 5 nitrogen and oxygen atoms in total. The highest BCUT2D eigenvalue weighted by Gasteiger charge is 2.10. The van der Waals surface area contributed by atoms with Crippen molar-refractivity contribution in [3.8, 4) is 0 Å². The molecule has 0 spiro atoms. The maximum Gasteiger partial charge on any atom is 0.252 e. The number of amides is 1. The normalized spacial score (nSPS) is 10.5. The first kappa shape index (κ1) is 11.4. The topological polar surface area (TPSA) is 70.7 Å². The molecule has 0 aliphatic heterocycles. The van der Waals surface area contributed by atoms with Gasteiger partial charge in [-0.1, -0.05) is 6.07 Å². The molecule has 0 aliphatic rings. The van der Waals surface area contributed by atoms with Crippen LogP contribution in [-0.4, -0.2) is 21.1 Å². The Morgan fingerprint density at radius 3 is 3.00 bits per heavy atom. The SMILES string of the molecule is O=C(NCc1cccnn1)c1cccc2[nH]ccc12. The lowest BCUT2D eigenvalue weighted by Crippen LogP contribution is -2.23. The van der Waals surface area contributed by atoms with Crippen LogP contribution in [0, 0.1) is 0 Å². The summed E-state index contributed by atoms with van der Waals surface area (Å²) >= 11 is 0. The molecule has 94 valence electrons. The predicted octanol–water partition coefficient (Wildman–Crippen LogP) is 1.89. The van der Waals surface area contributed by atoms with Crippen molar-refractivity contribution in [1.82, 2.24) is 20.5 Å². The summed E-state index contributed by atoms with van der Waals surface area (Å²) in [5.41, 5.74) is 2.34. The minimum absolute atomic E-state index is 0.115. The second-order valence-electron chi connectivity index (χ2n) is 4.14. The van der Waals surface area contributed by atoms with Gasteiger partial charge in [-0.05, 0) is 30.3 Å². The first-order valence-corrected chi connectivity index (χ1v) is 5.95. The molecule has 0 atom stereocenters. The van der Waals surface area contributed by atoms with E-state index in [4.69, 9.17) is 0 Å². The largest absolute Gasteiger partial charge is 0.361 e. The van der Waals surface area contributed by atoms with E-state index in [1.165, 1.54) is 0 Å². The number of H-pyrrole nitrogens is 1. The van der Waals surface area contributed by atoms with E-state index in [0.717, 1.165) is 16.6 Å². The third kappa shape index (κ3) is 2.30. The second kappa shape index (κ2) is 4.89. The summed E-state index contributed by atoms with van der Waals surface area (Å²) in [4.78, 5) is 15.2. The highest BCUT2D eigenvalue weighted by molar-refractivity contribution is 6.06. The average Bonchev–Trinajstić information content (AvgIpc) is 2.94. The molecule has 0 saturated carbocycles. The minimum Gasteiger partial charge on any atom is -0.361 e. The lowest BCUT2D eigenvalue weighted by Gasteiger charge is -2.05. The lowest BCUT2D eigenvalue weighted by atomic mass is 10.1. The number of aromatic nitrogens is 3. The second-order valence-corrected chi connectivity index (χ2v) is 4.14. The zero-order valence-corrected chi connectivity index (χ0v) is 10.1. The highest BCUT2D eigenvalue weighted by atomic mass is 16.1. The molecule has 0 radical (unpaired) electrons. The first-order chi connectivity index (χ1) is 9.34. The minimum atomic E-state index is -0.115. The van der Waals surface area contributed by atoms with Crippen molar-refractivity contribution >= 4 is 16.8 Å². The Bertz CT molecular complexity index is 706. The lowest BCUT2D eigenvalue weighted by molar-refractivity contribution is 0.0952. The molecule has 0 bridgehead atoms. The van der Waals surface area contributed by atoms with Gasteiger partial charge >= 0.3 is 0 Å². The zero-order valence-electron chi connectivity index (χ0n) is 10.1. The van der Waals surface area contributed by atoms with Crippen LogP contribution in [0.1, 0.15) is 16.1 Å². The Kier molecular flexibility index (Phi) is 2.94. The molecule has 0 fully saturated rings. The van der Waals surface area contributed by atoms with Gasteiger partial charge < -0.3 is 10.3 Å². The van der Waals surface area contributed by atoms with E-state index in [1.54, 1.807) is 12.3 Å². The number of carbonyl (C=O) groups is 1. The number of hydrogen-bond acceptors (Lipinski definition) is 3. The van der Waals surface area contributed by atoms with Crippen molar-refractivity contribution in [2.45, 2.75) is 6.54 Å². The van der Waals surface area contributed by atoms with E-state index < -0.39 is 0 Å². The number of aromatic amines is 1. The molecule has 2 N–H and O–H groups in total. The molecule has 3 aromatic rings. The van der Waals surface area contributed by atoms with Crippen LogP contribution in [0.2, 0.25) is 0 Å². The molecular weight excluding hydrogens is 240 g/mol. The Labute approximate surface area is 109 Å². The fourth-order valence-electron chi connectivity index (χ4n) is 1.98. The Morgan fingerprint density at radius 1 is 1.21 bits per heavy atom. The zero-order chi connectivity index (χ0) is 13.1. The molecular formula is C14H12N4O. The van der Waals surface area contributed by atoms with Crippen molar-refractivity contribution in [2.24, 2.45) is 0 Å². The van der Waals surface area contributed by atoms with Crippen molar-refractivity contribution in [3.05, 3.63) is 60.0 Å². The van der Waals surface area contributed by atoms with Crippen molar-refractivity contribution in [1.29, 1.82) is 0 Å². The Hall–Kier alpha value is -2.69. The van der Waals surface area contributed by atoms with Gasteiger partial charge in [0.05, 0.1) is 12.2 Å². The molecule has 1 amide bonds. The van der Waals surface area contributed by atoms with E-state index in [2.05, 4.69) is 20.5 Å². The summed E-state index contributed by atoms with van der Waals surface area (Å²) in [5.74, 6) is -0.115. The summed E-state index contributed by atoms with van der Waals surface area (Å²) in [7, 11) is 0. The van der Waals surface area contributed by atoms with E-state index in [-0.39, 0.29) is 5.91 Å². The summed E-state index contributed by atoms with van der Waals surface area (Å²) in [6.07, 6.45) is 3.43. The van der Waals surface area contributed by atoms with Gasteiger partial charge in [-0.15, -0.1) is 0 Å². The molecule has 0 unspecified atom stereocenters. The Balaban J connectivity index is 1.79. The summed E-state index contributed by atoms with van der Waals surface area (Å²) in [6, 6.07) is 11.1. The number of fused-ring (bicyclic) bond motifs is 1. The van der Waals surface area contributed by atoms with Crippen LogP contribution >= 0.6 is 0 Å². The van der Waals surface area contributed by atoms with Gasteiger partial charge in [-0.3, -0.25) is 4.79 Å². The van der Waals surface area contributed by atoms with Gasteiger partial charge in [0, 0.05) is 28.9 Å². The third-order valence-electron chi connectivity index (χ3n) is 2.90. The predicted molar refractivity (Wildman–Crippen MR) is 71.5 cm³/mol. The number of nitrogens with one attached hydrogen (secondary N) is 2. The van der Waals surface area contributed by atoms with Gasteiger partial charge in [0.2, 0.25) is 0 Å². The summed E-state index contributed by atoms with van der Waals surface area (Å²) in [6.45, 7) is 0.369. The van der Waals surface area contributed by atoms with Crippen LogP contribution in [0.4, 0.5) is 0 Å². The molecule has 2 aromatic heterocycles. The summed E-state index contributed by atoms with van der Waals surface area (Å²) < 4.78 is 0. The number of nitrogens with zero attached hydrogens (tertiary/aromatic N) is 2. The van der Waals surface area contributed by atoms with Gasteiger partial charge in [-0.25, -0.2) is 0 Å². The van der Waals surface area contributed by atoms with Gasteiger partial charge in [0.25, 0.3) is 5.91 Å². The van der Waals surface area contributed by atoms with Crippen molar-refractivity contribution in [2.75, 3.05) is 0 Å². The smallest absolute Gasteiger partial charge is 0.252 e. The first-order valence-electron chi connectivity index (χ1n) is 5.95. The molecule has 2 heterocycles. The van der Waals surface area contributed by atoms with Crippen LogP contribution in [0.15, 0.2) is 48.8 Å². The third-order valence-corrected chi connectivity index (χ3v) is 2.90. The number of benzene rings is 1. The monoisotopic (exact) mass is 252 g/mol. The van der Waals surface area contributed by atoms with E-state index in [9.17, 15) is 4.79 Å². The molecule has 0 saturated heterocycles. The molecule has 0 aliphatic carbocycles.